The summed E-state index contributed by atoms with van der Waals surface area (Å²) in [4.78, 5) is 27.1. The minimum atomic E-state index is -0.888. The zero-order valence-electron chi connectivity index (χ0n) is 18.3. The van der Waals surface area contributed by atoms with Crippen LogP contribution in [0.25, 0.3) is 22.3 Å². The highest BCUT2D eigenvalue weighted by atomic mass is 19.1. The third-order valence-electron chi connectivity index (χ3n) is 6.95. The molecule has 0 bridgehead atoms. The molecular formula is C26H23F2N5O. The predicted molar refractivity (Wildman–Crippen MR) is 125 cm³/mol. The molecule has 2 N–H and O–H groups in total. The number of fused-ring (bicyclic) bond motifs is 2. The monoisotopic (exact) mass is 459 g/mol. The summed E-state index contributed by atoms with van der Waals surface area (Å²) in [7, 11) is 0. The Morgan fingerprint density at radius 2 is 2.06 bits per heavy atom. The van der Waals surface area contributed by atoms with Crippen molar-refractivity contribution in [2.24, 2.45) is 0 Å². The molecule has 2 aliphatic rings. The maximum Gasteiger partial charge on any atom is 0.253 e. The van der Waals surface area contributed by atoms with Gasteiger partial charge in [0.2, 0.25) is 0 Å². The van der Waals surface area contributed by atoms with Crippen LogP contribution in [-0.2, 0) is 6.42 Å². The zero-order chi connectivity index (χ0) is 23.2. The van der Waals surface area contributed by atoms with Gasteiger partial charge in [-0.25, -0.2) is 13.8 Å². The number of pyridine rings is 2. The SMILES string of the molecule is O=C(N[C@@H]1c2c(F)cccc2C[C@H]1N1CC[C@H](F)C1)c1ccc(-c2ccnc3[nH]ccc23)nc1. The minimum absolute atomic E-state index is 0.178. The van der Waals surface area contributed by atoms with Crippen molar-refractivity contribution in [1.29, 1.82) is 0 Å². The van der Waals surface area contributed by atoms with Gasteiger partial charge in [0.1, 0.15) is 17.6 Å². The topological polar surface area (TPSA) is 73.9 Å². The minimum Gasteiger partial charge on any atom is -0.346 e. The van der Waals surface area contributed by atoms with E-state index in [9.17, 15) is 13.6 Å². The Kier molecular flexibility index (Phi) is 5.10. The molecule has 4 heterocycles. The van der Waals surface area contributed by atoms with Crippen molar-refractivity contribution in [2.75, 3.05) is 13.1 Å². The Labute approximate surface area is 195 Å². The van der Waals surface area contributed by atoms with E-state index in [0.717, 1.165) is 27.9 Å². The molecule has 1 fully saturated rings. The standard InChI is InChI=1S/C26H23F2N5O/c27-17-8-11-33(14-17)22-12-15-2-1-3-20(28)23(15)24(22)32-26(34)16-4-5-21(31-13-16)18-6-9-29-25-19(18)7-10-30-25/h1-7,9-10,13,17,22,24H,8,11-12,14H2,(H,29,30)(H,32,34)/t17-,22+,24-/m0/s1. The fraction of sp³-hybridized carbons (Fsp3) is 0.269. The molecule has 6 nitrogen and oxygen atoms in total. The lowest BCUT2D eigenvalue weighted by atomic mass is 10.0. The molecule has 0 unspecified atom stereocenters. The molecule has 0 saturated carbocycles. The van der Waals surface area contributed by atoms with Gasteiger partial charge in [0.15, 0.2) is 0 Å². The van der Waals surface area contributed by atoms with E-state index in [0.29, 0.717) is 37.1 Å². The lowest BCUT2D eigenvalue weighted by Gasteiger charge is -2.30. The lowest BCUT2D eigenvalue weighted by molar-refractivity contribution is 0.0902. The average molecular weight is 460 g/mol. The molecule has 0 radical (unpaired) electrons. The summed E-state index contributed by atoms with van der Waals surface area (Å²) in [5, 5.41) is 3.97. The number of halogens is 2. The molecule has 3 atom stereocenters. The summed E-state index contributed by atoms with van der Waals surface area (Å²) in [5.74, 6) is -0.675. The van der Waals surface area contributed by atoms with Crippen molar-refractivity contribution in [2.45, 2.75) is 31.1 Å². The summed E-state index contributed by atoms with van der Waals surface area (Å²) in [5.41, 5.74) is 4.16. The molecule has 1 amide bonds. The highest BCUT2D eigenvalue weighted by molar-refractivity contribution is 5.95. The van der Waals surface area contributed by atoms with Gasteiger partial charge in [-0.3, -0.25) is 14.7 Å². The number of aromatic nitrogens is 3. The van der Waals surface area contributed by atoms with E-state index in [1.54, 1.807) is 24.4 Å². The van der Waals surface area contributed by atoms with Gasteiger partial charge in [-0.05, 0) is 48.7 Å². The van der Waals surface area contributed by atoms with E-state index >= 15 is 0 Å². The number of nitrogens with zero attached hydrogens (tertiary/aromatic N) is 3. The third kappa shape index (κ3) is 3.54. The Morgan fingerprint density at radius 1 is 1.15 bits per heavy atom. The number of nitrogens with one attached hydrogen (secondary N) is 2. The van der Waals surface area contributed by atoms with Crippen LogP contribution in [-0.4, -0.2) is 51.1 Å². The van der Waals surface area contributed by atoms with Crippen molar-refractivity contribution < 1.29 is 13.6 Å². The normalized spacial score (nSPS) is 22.2. The molecular weight excluding hydrogens is 436 g/mol. The molecule has 8 heteroatoms. The lowest BCUT2D eigenvalue weighted by Crippen LogP contribution is -2.44. The number of aromatic amines is 1. The predicted octanol–water partition coefficient (Wildman–Crippen LogP) is 4.20. The van der Waals surface area contributed by atoms with Gasteiger partial charge in [-0.1, -0.05) is 12.1 Å². The second-order valence-electron chi connectivity index (χ2n) is 8.95. The number of likely N-dealkylation sites (tertiary alicyclic amines) is 1. The number of amides is 1. The number of rotatable bonds is 4. The van der Waals surface area contributed by atoms with Crippen LogP contribution in [0.2, 0.25) is 0 Å². The van der Waals surface area contributed by atoms with Crippen molar-refractivity contribution >= 4 is 16.9 Å². The zero-order valence-corrected chi connectivity index (χ0v) is 18.3. The Balaban J connectivity index is 1.27. The number of hydrogen-bond donors (Lipinski definition) is 2. The van der Waals surface area contributed by atoms with Gasteiger partial charge in [-0.15, -0.1) is 0 Å². The first-order chi connectivity index (χ1) is 16.6. The van der Waals surface area contributed by atoms with Gasteiger partial charge < -0.3 is 10.3 Å². The number of H-pyrrole nitrogens is 1. The number of benzene rings is 1. The molecule has 1 aromatic carbocycles. The van der Waals surface area contributed by atoms with Crippen LogP contribution in [0, 0.1) is 5.82 Å². The van der Waals surface area contributed by atoms with Crippen LogP contribution in [0.1, 0.15) is 33.9 Å². The quantitative estimate of drug-likeness (QED) is 0.480. The van der Waals surface area contributed by atoms with Crippen molar-refractivity contribution in [1.82, 2.24) is 25.2 Å². The van der Waals surface area contributed by atoms with Gasteiger partial charge in [-0.2, -0.15) is 0 Å². The van der Waals surface area contributed by atoms with Crippen LogP contribution in [0.4, 0.5) is 8.78 Å². The van der Waals surface area contributed by atoms with E-state index in [2.05, 4.69) is 20.3 Å². The van der Waals surface area contributed by atoms with Gasteiger partial charge in [0, 0.05) is 54.2 Å². The number of carbonyl (C=O) groups excluding carboxylic acids is 1. The molecule has 0 spiro atoms. The summed E-state index contributed by atoms with van der Waals surface area (Å²) < 4.78 is 28.7. The second-order valence-corrected chi connectivity index (χ2v) is 8.95. The smallest absolute Gasteiger partial charge is 0.253 e. The summed E-state index contributed by atoms with van der Waals surface area (Å²) in [6.45, 7) is 0.909. The molecule has 34 heavy (non-hydrogen) atoms. The first-order valence-corrected chi connectivity index (χ1v) is 11.4. The number of alkyl halides is 1. The largest absolute Gasteiger partial charge is 0.346 e. The van der Waals surface area contributed by atoms with Gasteiger partial charge >= 0.3 is 0 Å². The molecule has 6 rings (SSSR count). The molecule has 1 saturated heterocycles. The molecule has 3 aromatic heterocycles. The van der Waals surface area contributed by atoms with E-state index in [4.69, 9.17) is 0 Å². The van der Waals surface area contributed by atoms with Crippen LogP contribution < -0.4 is 5.32 Å². The van der Waals surface area contributed by atoms with Crippen molar-refractivity contribution in [3.63, 3.8) is 0 Å². The van der Waals surface area contributed by atoms with Crippen LogP contribution >= 0.6 is 0 Å². The Bertz CT molecular complexity index is 1370. The van der Waals surface area contributed by atoms with E-state index in [-0.39, 0.29) is 17.8 Å². The fourth-order valence-electron chi connectivity index (χ4n) is 5.29. The van der Waals surface area contributed by atoms with E-state index < -0.39 is 12.2 Å². The summed E-state index contributed by atoms with van der Waals surface area (Å²) >= 11 is 0. The highest BCUT2D eigenvalue weighted by Gasteiger charge is 2.41. The maximum atomic E-state index is 14.8. The van der Waals surface area contributed by atoms with Crippen molar-refractivity contribution in [3.05, 3.63) is 83.6 Å². The summed E-state index contributed by atoms with van der Waals surface area (Å²) in [6, 6.07) is 11.6. The van der Waals surface area contributed by atoms with Crippen LogP contribution in [0.15, 0.2) is 61.1 Å². The average Bonchev–Trinajstić information content (AvgIpc) is 3.58. The number of hydrogen-bond acceptors (Lipinski definition) is 4. The van der Waals surface area contributed by atoms with Crippen molar-refractivity contribution in [3.8, 4) is 11.3 Å². The number of carbonyl (C=O) groups is 1. The summed E-state index contributed by atoms with van der Waals surface area (Å²) in [6.07, 6.45) is 5.22. The first-order valence-electron chi connectivity index (χ1n) is 11.4. The molecule has 1 aliphatic heterocycles. The van der Waals surface area contributed by atoms with E-state index in [1.807, 2.05) is 29.3 Å². The highest BCUT2D eigenvalue weighted by Crippen LogP contribution is 2.38. The van der Waals surface area contributed by atoms with Gasteiger partial charge in [0.05, 0.1) is 17.3 Å². The van der Waals surface area contributed by atoms with Crippen LogP contribution in [0.3, 0.4) is 0 Å². The van der Waals surface area contributed by atoms with Gasteiger partial charge in [0.25, 0.3) is 5.91 Å². The Hall–Kier alpha value is -3.65. The molecule has 4 aromatic rings. The third-order valence-corrected chi connectivity index (χ3v) is 6.95. The first kappa shape index (κ1) is 20.9. The molecule has 172 valence electrons. The second kappa shape index (κ2) is 8.29. The maximum absolute atomic E-state index is 14.8. The van der Waals surface area contributed by atoms with E-state index in [1.165, 1.54) is 12.3 Å². The Morgan fingerprint density at radius 3 is 2.85 bits per heavy atom. The van der Waals surface area contributed by atoms with Crippen LogP contribution in [0.5, 0.6) is 0 Å². The fourth-order valence-corrected chi connectivity index (χ4v) is 5.29. The molecule has 1 aliphatic carbocycles.